The number of anilines is 1. The molecule has 0 fully saturated rings. The molecule has 3 aromatic carbocycles. The van der Waals surface area contributed by atoms with Crippen molar-refractivity contribution in [1.82, 2.24) is 10.2 Å². The van der Waals surface area contributed by atoms with Crippen molar-refractivity contribution in [1.29, 1.82) is 0 Å². The van der Waals surface area contributed by atoms with Gasteiger partial charge >= 0.3 is 6.01 Å². The van der Waals surface area contributed by atoms with Crippen molar-refractivity contribution in [3.8, 4) is 11.5 Å². The van der Waals surface area contributed by atoms with E-state index in [1.54, 1.807) is 48.5 Å². The largest absolute Gasteiger partial charge is 0.454 e. The van der Waals surface area contributed by atoms with E-state index in [0.717, 1.165) is 5.56 Å². The van der Waals surface area contributed by atoms with Crippen LogP contribution < -0.4 is 14.8 Å². The van der Waals surface area contributed by atoms with Crippen LogP contribution in [0.3, 0.4) is 0 Å². The molecule has 0 spiro atoms. The second kappa shape index (κ2) is 8.35. The summed E-state index contributed by atoms with van der Waals surface area (Å²) in [5.74, 6) is 1.20. The Kier molecular flexibility index (Phi) is 5.09. The van der Waals surface area contributed by atoms with Gasteiger partial charge in [0, 0.05) is 16.7 Å². The third kappa shape index (κ3) is 4.06. The standard InChI is InChI=1S/C24H17N3O5/c28-22(16-4-2-1-3-5-16)17-7-9-18(10-8-17)23(29)25-24-27-26-21(32-24)13-15-6-11-19-20(12-15)31-14-30-19/h1-12H,13-14H2,(H,25,27,29). The highest BCUT2D eigenvalue weighted by Gasteiger charge is 2.16. The van der Waals surface area contributed by atoms with Gasteiger partial charge < -0.3 is 13.9 Å². The van der Waals surface area contributed by atoms with Crippen LogP contribution in [0.5, 0.6) is 11.5 Å². The molecule has 8 heteroatoms. The van der Waals surface area contributed by atoms with E-state index in [0.29, 0.717) is 40.5 Å². The molecule has 8 nitrogen and oxygen atoms in total. The van der Waals surface area contributed by atoms with Crippen molar-refractivity contribution in [3.63, 3.8) is 0 Å². The van der Waals surface area contributed by atoms with Gasteiger partial charge in [-0.15, -0.1) is 5.10 Å². The summed E-state index contributed by atoms with van der Waals surface area (Å²) in [5.41, 5.74) is 2.36. The molecule has 5 rings (SSSR count). The number of nitrogens with zero attached hydrogens (tertiary/aromatic N) is 2. The molecule has 0 saturated carbocycles. The number of benzene rings is 3. The maximum Gasteiger partial charge on any atom is 0.322 e. The first-order valence-electron chi connectivity index (χ1n) is 9.88. The highest BCUT2D eigenvalue weighted by Crippen LogP contribution is 2.33. The van der Waals surface area contributed by atoms with E-state index >= 15 is 0 Å². The molecule has 0 radical (unpaired) electrons. The fourth-order valence-corrected chi connectivity index (χ4v) is 3.30. The summed E-state index contributed by atoms with van der Waals surface area (Å²) in [6, 6.07) is 20.9. The average Bonchev–Trinajstić information content (AvgIpc) is 3.48. The Morgan fingerprint density at radius 3 is 2.34 bits per heavy atom. The number of nitrogens with one attached hydrogen (secondary N) is 1. The molecule has 0 aliphatic carbocycles. The lowest BCUT2D eigenvalue weighted by atomic mass is 10.0. The van der Waals surface area contributed by atoms with Crippen LogP contribution in [0.4, 0.5) is 6.01 Å². The molecular formula is C24H17N3O5. The van der Waals surface area contributed by atoms with E-state index in [4.69, 9.17) is 13.9 Å². The van der Waals surface area contributed by atoms with Crippen LogP contribution in [0.1, 0.15) is 37.7 Å². The van der Waals surface area contributed by atoms with Gasteiger partial charge in [-0.25, -0.2) is 0 Å². The fourth-order valence-electron chi connectivity index (χ4n) is 3.30. The number of amides is 1. The smallest absolute Gasteiger partial charge is 0.322 e. The van der Waals surface area contributed by atoms with E-state index in [1.165, 1.54) is 0 Å². The zero-order chi connectivity index (χ0) is 21.9. The molecule has 32 heavy (non-hydrogen) atoms. The summed E-state index contributed by atoms with van der Waals surface area (Å²) in [5, 5.41) is 10.4. The summed E-state index contributed by atoms with van der Waals surface area (Å²) in [7, 11) is 0. The zero-order valence-electron chi connectivity index (χ0n) is 16.8. The lowest BCUT2D eigenvalue weighted by molar-refractivity contribution is 0.101. The number of carbonyl (C=O) groups is 2. The Hall–Kier alpha value is -4.46. The summed E-state index contributed by atoms with van der Waals surface area (Å²) in [6.45, 7) is 0.205. The predicted octanol–water partition coefficient (Wildman–Crippen LogP) is 3.87. The van der Waals surface area contributed by atoms with Gasteiger partial charge in [-0.2, -0.15) is 0 Å². The molecule has 2 heterocycles. The number of aromatic nitrogens is 2. The summed E-state index contributed by atoms with van der Waals surface area (Å²) in [6.07, 6.45) is 0.385. The van der Waals surface area contributed by atoms with Gasteiger partial charge in [-0.05, 0) is 29.8 Å². The maximum atomic E-state index is 12.5. The SMILES string of the molecule is O=C(Nc1nnc(Cc2ccc3c(c2)OCO3)o1)c1ccc(C(=O)c2ccccc2)cc1. The highest BCUT2D eigenvalue weighted by atomic mass is 16.7. The quantitative estimate of drug-likeness (QED) is 0.466. The van der Waals surface area contributed by atoms with Gasteiger partial charge in [-0.1, -0.05) is 53.6 Å². The van der Waals surface area contributed by atoms with Gasteiger partial charge in [0.05, 0.1) is 6.42 Å². The molecule has 1 aliphatic rings. The summed E-state index contributed by atoms with van der Waals surface area (Å²) in [4.78, 5) is 25.0. The normalized spacial score (nSPS) is 11.9. The fraction of sp³-hybridized carbons (Fsp3) is 0.0833. The van der Waals surface area contributed by atoms with Crippen molar-refractivity contribution in [2.24, 2.45) is 0 Å². The Balaban J connectivity index is 1.23. The number of ether oxygens (including phenoxy) is 2. The van der Waals surface area contributed by atoms with Gasteiger partial charge in [0.1, 0.15) is 0 Å². The molecule has 1 aliphatic heterocycles. The summed E-state index contributed by atoms with van der Waals surface area (Å²) < 4.78 is 16.2. The van der Waals surface area contributed by atoms with Crippen LogP contribution in [0, 0.1) is 0 Å². The van der Waals surface area contributed by atoms with Crippen LogP contribution in [0.15, 0.2) is 77.2 Å². The number of rotatable bonds is 6. The number of fused-ring (bicyclic) bond motifs is 1. The average molecular weight is 427 g/mol. The predicted molar refractivity (Wildman–Crippen MR) is 114 cm³/mol. The molecule has 1 N–H and O–H groups in total. The van der Waals surface area contributed by atoms with Crippen LogP contribution in [0.25, 0.3) is 0 Å². The first-order valence-corrected chi connectivity index (χ1v) is 9.88. The third-order valence-corrected chi connectivity index (χ3v) is 4.92. The topological polar surface area (TPSA) is 104 Å². The third-order valence-electron chi connectivity index (χ3n) is 4.92. The highest BCUT2D eigenvalue weighted by molar-refractivity contribution is 6.10. The van der Waals surface area contributed by atoms with Crippen LogP contribution in [0.2, 0.25) is 0 Å². The molecule has 158 valence electrons. The molecule has 0 atom stereocenters. The number of ketones is 1. The van der Waals surface area contributed by atoms with Gasteiger partial charge in [0.25, 0.3) is 5.91 Å². The van der Waals surface area contributed by atoms with Crippen molar-refractivity contribution < 1.29 is 23.5 Å². The lowest BCUT2D eigenvalue weighted by Crippen LogP contribution is -2.12. The molecule has 1 aromatic heterocycles. The molecule has 0 bridgehead atoms. The minimum atomic E-state index is -0.415. The first kappa shape index (κ1) is 19.5. The number of hydrogen-bond acceptors (Lipinski definition) is 7. The van der Waals surface area contributed by atoms with Crippen molar-refractivity contribution in [2.45, 2.75) is 6.42 Å². The Morgan fingerprint density at radius 1 is 0.812 bits per heavy atom. The van der Waals surface area contributed by atoms with E-state index in [9.17, 15) is 9.59 Å². The first-order chi connectivity index (χ1) is 15.7. The minimum Gasteiger partial charge on any atom is -0.454 e. The minimum absolute atomic E-state index is 0.00446. The van der Waals surface area contributed by atoms with Crippen LogP contribution >= 0.6 is 0 Å². The summed E-state index contributed by atoms with van der Waals surface area (Å²) >= 11 is 0. The van der Waals surface area contributed by atoms with Gasteiger partial charge in [-0.3, -0.25) is 14.9 Å². The lowest BCUT2D eigenvalue weighted by Gasteiger charge is -2.04. The van der Waals surface area contributed by atoms with E-state index in [-0.39, 0.29) is 18.6 Å². The maximum absolute atomic E-state index is 12.5. The molecule has 0 saturated heterocycles. The number of carbonyl (C=O) groups excluding carboxylic acids is 2. The number of hydrogen-bond donors (Lipinski definition) is 1. The molecule has 4 aromatic rings. The Morgan fingerprint density at radius 2 is 1.53 bits per heavy atom. The second-order valence-electron chi connectivity index (χ2n) is 7.09. The monoisotopic (exact) mass is 427 g/mol. The molecule has 1 amide bonds. The van der Waals surface area contributed by atoms with Gasteiger partial charge in [0.15, 0.2) is 17.3 Å². The van der Waals surface area contributed by atoms with E-state index in [1.807, 2.05) is 24.3 Å². The van der Waals surface area contributed by atoms with E-state index < -0.39 is 5.91 Å². The van der Waals surface area contributed by atoms with Gasteiger partial charge in [0.2, 0.25) is 12.7 Å². The molecular weight excluding hydrogens is 410 g/mol. The zero-order valence-corrected chi connectivity index (χ0v) is 16.8. The van der Waals surface area contributed by atoms with Crippen molar-refractivity contribution >= 4 is 17.7 Å². The molecule has 0 unspecified atom stereocenters. The van der Waals surface area contributed by atoms with Crippen LogP contribution in [-0.2, 0) is 6.42 Å². The Bertz CT molecular complexity index is 1280. The van der Waals surface area contributed by atoms with Crippen molar-refractivity contribution in [2.75, 3.05) is 12.1 Å². The van der Waals surface area contributed by atoms with E-state index in [2.05, 4.69) is 15.5 Å². The van der Waals surface area contributed by atoms with Crippen molar-refractivity contribution in [3.05, 3.63) is 101 Å². The van der Waals surface area contributed by atoms with Crippen LogP contribution in [-0.4, -0.2) is 28.7 Å². The second-order valence-corrected chi connectivity index (χ2v) is 7.09. The Labute approximate surface area is 182 Å².